The van der Waals surface area contributed by atoms with Crippen molar-refractivity contribution in [3.05, 3.63) is 41.5 Å². The van der Waals surface area contributed by atoms with Gasteiger partial charge in [0, 0.05) is 19.2 Å². The van der Waals surface area contributed by atoms with Crippen LogP contribution in [0.3, 0.4) is 0 Å². The lowest BCUT2D eigenvalue weighted by Gasteiger charge is -2.36. The highest BCUT2D eigenvalue weighted by atomic mass is 16.4. The molecule has 0 heterocycles. The molecular weight excluding hydrogens is 434 g/mol. The number of carbonyl (C=O) groups is 3. The predicted molar refractivity (Wildman–Crippen MR) is 136 cm³/mol. The highest BCUT2D eigenvalue weighted by molar-refractivity contribution is 5.92. The highest BCUT2D eigenvalue weighted by Gasteiger charge is 2.39. The largest absolute Gasteiger partial charge is 0.508 e. The summed E-state index contributed by atoms with van der Waals surface area (Å²) in [6.07, 6.45) is 3.07. The van der Waals surface area contributed by atoms with Crippen LogP contribution in [0.1, 0.15) is 60.5 Å². The van der Waals surface area contributed by atoms with Gasteiger partial charge in [0.05, 0.1) is 5.54 Å². The van der Waals surface area contributed by atoms with E-state index in [2.05, 4.69) is 24.5 Å². The standard InChI is InChI=1S/C23H35N3O5.C3H8/c1-15(20(29)30)12-13-26(7)19(28)18(22(2,3)4)25-21(31)23(5,24-6)14-16-8-10-17(27)11-9-16;1-3-2/h8-12,18,24,27H,13-14H2,1-7H3,(H,25,31)(H,29,30);3H2,1-2H3/b15-12+;. The molecular formula is C26H43N3O5. The van der Waals surface area contributed by atoms with Gasteiger partial charge in [-0.25, -0.2) is 4.79 Å². The molecule has 8 heteroatoms. The molecule has 2 atom stereocenters. The van der Waals surface area contributed by atoms with Gasteiger partial charge >= 0.3 is 5.97 Å². The lowest BCUT2D eigenvalue weighted by molar-refractivity contribution is -0.139. The third-order valence-electron chi connectivity index (χ3n) is 5.32. The Balaban J connectivity index is 0.00000343. The topological polar surface area (TPSA) is 119 Å². The van der Waals surface area contributed by atoms with Crippen LogP contribution < -0.4 is 10.6 Å². The number of aromatic hydroxyl groups is 1. The molecule has 0 aliphatic rings. The number of nitrogens with one attached hydrogen (secondary N) is 2. The molecule has 34 heavy (non-hydrogen) atoms. The van der Waals surface area contributed by atoms with Crippen molar-refractivity contribution in [1.29, 1.82) is 0 Å². The van der Waals surface area contributed by atoms with Gasteiger partial charge in [0.1, 0.15) is 11.8 Å². The molecule has 192 valence electrons. The molecule has 1 aromatic rings. The van der Waals surface area contributed by atoms with Gasteiger partial charge in [-0.15, -0.1) is 0 Å². The number of carboxylic acid groups (broad SMARTS) is 1. The number of aliphatic carboxylic acids is 1. The minimum Gasteiger partial charge on any atom is -0.508 e. The van der Waals surface area contributed by atoms with E-state index in [1.54, 1.807) is 45.3 Å². The van der Waals surface area contributed by atoms with Crippen LogP contribution >= 0.6 is 0 Å². The molecule has 1 rings (SSSR count). The summed E-state index contributed by atoms with van der Waals surface area (Å²) in [6, 6.07) is 5.81. The summed E-state index contributed by atoms with van der Waals surface area (Å²) < 4.78 is 0. The molecule has 8 nitrogen and oxygen atoms in total. The maximum absolute atomic E-state index is 13.2. The average Bonchev–Trinajstić information content (AvgIpc) is 2.75. The number of rotatable bonds is 9. The average molecular weight is 478 g/mol. The lowest BCUT2D eigenvalue weighted by Crippen LogP contribution is -2.62. The summed E-state index contributed by atoms with van der Waals surface area (Å²) in [5.41, 5.74) is -0.554. The van der Waals surface area contributed by atoms with E-state index in [4.69, 9.17) is 5.11 Å². The number of hydrogen-bond acceptors (Lipinski definition) is 5. The normalized spacial score (nSPS) is 14.2. The Morgan fingerprint density at radius 1 is 1.09 bits per heavy atom. The Hall–Kier alpha value is -2.87. The molecule has 0 spiro atoms. The molecule has 0 aromatic heterocycles. The van der Waals surface area contributed by atoms with Crippen LogP contribution in [0.5, 0.6) is 5.75 Å². The fourth-order valence-corrected chi connectivity index (χ4v) is 2.91. The number of nitrogens with zero attached hydrogens (tertiary/aromatic N) is 1. The van der Waals surface area contributed by atoms with E-state index in [1.807, 2.05) is 20.8 Å². The van der Waals surface area contributed by atoms with Gasteiger partial charge in [-0.05, 0) is 50.4 Å². The van der Waals surface area contributed by atoms with E-state index in [0.29, 0.717) is 6.42 Å². The van der Waals surface area contributed by atoms with Gasteiger partial charge < -0.3 is 25.7 Å². The van der Waals surface area contributed by atoms with Crippen molar-refractivity contribution < 1.29 is 24.6 Å². The van der Waals surface area contributed by atoms with E-state index in [0.717, 1.165) is 5.56 Å². The molecule has 0 saturated carbocycles. The van der Waals surface area contributed by atoms with Crippen molar-refractivity contribution in [2.45, 2.75) is 72.9 Å². The number of carbonyl (C=O) groups excluding carboxylic acids is 2. The molecule has 0 bridgehead atoms. The van der Waals surface area contributed by atoms with Gasteiger partial charge in [0.2, 0.25) is 11.8 Å². The molecule has 4 N–H and O–H groups in total. The number of likely N-dealkylation sites (N-methyl/N-ethyl adjacent to an activating group) is 2. The third-order valence-corrected chi connectivity index (χ3v) is 5.32. The molecule has 1 aromatic carbocycles. The van der Waals surface area contributed by atoms with E-state index in [-0.39, 0.29) is 29.7 Å². The van der Waals surface area contributed by atoms with Crippen LogP contribution in [0.4, 0.5) is 0 Å². The van der Waals surface area contributed by atoms with E-state index >= 15 is 0 Å². The number of amides is 2. The van der Waals surface area contributed by atoms with Crippen molar-refractivity contribution in [2.75, 3.05) is 20.6 Å². The maximum atomic E-state index is 13.2. The van der Waals surface area contributed by atoms with Crippen LogP contribution in [0.25, 0.3) is 0 Å². The van der Waals surface area contributed by atoms with Crippen LogP contribution in [-0.4, -0.2) is 65.1 Å². The first-order chi connectivity index (χ1) is 15.6. The zero-order valence-electron chi connectivity index (χ0n) is 22.2. The Kier molecular flexibility index (Phi) is 12.6. The van der Waals surface area contributed by atoms with Crippen molar-refractivity contribution in [2.24, 2.45) is 5.41 Å². The zero-order chi connectivity index (χ0) is 26.7. The molecule has 0 saturated heterocycles. The van der Waals surface area contributed by atoms with Gasteiger partial charge in [0.15, 0.2) is 0 Å². The van der Waals surface area contributed by atoms with Crippen molar-refractivity contribution in [3.8, 4) is 5.75 Å². The van der Waals surface area contributed by atoms with Gasteiger partial charge in [-0.2, -0.15) is 0 Å². The Labute approximate surface area is 204 Å². The van der Waals surface area contributed by atoms with Gasteiger partial charge in [-0.1, -0.05) is 59.2 Å². The number of hydrogen-bond donors (Lipinski definition) is 4. The van der Waals surface area contributed by atoms with E-state index in [1.165, 1.54) is 24.3 Å². The van der Waals surface area contributed by atoms with Crippen LogP contribution in [0.15, 0.2) is 35.9 Å². The minimum absolute atomic E-state index is 0.121. The number of carboxylic acids is 1. The smallest absolute Gasteiger partial charge is 0.331 e. The second kappa shape index (κ2) is 13.7. The quantitative estimate of drug-likeness (QED) is 0.405. The summed E-state index contributed by atoms with van der Waals surface area (Å²) in [4.78, 5) is 38.7. The first-order valence-corrected chi connectivity index (χ1v) is 11.6. The summed E-state index contributed by atoms with van der Waals surface area (Å²) in [5.74, 6) is -1.53. The first-order valence-electron chi connectivity index (χ1n) is 11.6. The van der Waals surface area contributed by atoms with Crippen molar-refractivity contribution in [1.82, 2.24) is 15.5 Å². The summed E-state index contributed by atoms with van der Waals surface area (Å²) >= 11 is 0. The predicted octanol–water partition coefficient (Wildman–Crippen LogP) is 3.35. The second-order valence-electron chi connectivity index (χ2n) is 9.82. The fourth-order valence-electron chi connectivity index (χ4n) is 2.91. The Bertz CT molecular complexity index is 843. The monoisotopic (exact) mass is 477 g/mol. The second-order valence-corrected chi connectivity index (χ2v) is 9.82. The molecule has 0 fully saturated rings. The van der Waals surface area contributed by atoms with E-state index in [9.17, 15) is 19.5 Å². The molecule has 0 radical (unpaired) electrons. The van der Waals surface area contributed by atoms with Crippen LogP contribution in [-0.2, 0) is 20.8 Å². The van der Waals surface area contributed by atoms with E-state index < -0.39 is 23.0 Å². The number of phenols is 1. The molecule has 0 aliphatic heterocycles. The Morgan fingerprint density at radius 2 is 1.59 bits per heavy atom. The summed E-state index contributed by atoms with van der Waals surface area (Å²) in [6.45, 7) is 13.2. The molecule has 0 aliphatic carbocycles. The van der Waals surface area contributed by atoms with Gasteiger partial charge in [-0.3, -0.25) is 9.59 Å². The SMILES string of the molecule is CCC.CNC(C)(Cc1ccc(O)cc1)C(=O)NC(C(=O)N(C)C/C=C(\C)C(=O)O)C(C)(C)C. The highest BCUT2D eigenvalue weighted by Crippen LogP contribution is 2.23. The maximum Gasteiger partial charge on any atom is 0.331 e. The first kappa shape index (κ1) is 31.1. The van der Waals surface area contributed by atoms with Gasteiger partial charge in [0.25, 0.3) is 0 Å². The zero-order valence-corrected chi connectivity index (χ0v) is 22.2. The molecule has 2 unspecified atom stereocenters. The minimum atomic E-state index is -1.04. The summed E-state index contributed by atoms with van der Waals surface area (Å²) in [7, 11) is 3.26. The van der Waals surface area contributed by atoms with Crippen LogP contribution in [0.2, 0.25) is 0 Å². The fraction of sp³-hybridized carbons (Fsp3) is 0.577. The molecule has 2 amide bonds. The van der Waals surface area contributed by atoms with Crippen LogP contribution in [0, 0.1) is 5.41 Å². The summed E-state index contributed by atoms with van der Waals surface area (Å²) in [5, 5.41) is 24.4. The lowest BCUT2D eigenvalue weighted by atomic mass is 9.84. The number of phenolic OH excluding ortho intramolecular Hbond substituents is 1. The Morgan fingerprint density at radius 3 is 2.00 bits per heavy atom. The van der Waals surface area contributed by atoms with Crippen molar-refractivity contribution in [3.63, 3.8) is 0 Å². The van der Waals surface area contributed by atoms with Crippen molar-refractivity contribution >= 4 is 17.8 Å². The number of benzene rings is 1. The third kappa shape index (κ3) is 9.95.